The first-order chi connectivity index (χ1) is 15.1. The third-order valence-corrected chi connectivity index (χ3v) is 5.98. The summed E-state index contributed by atoms with van der Waals surface area (Å²) in [7, 11) is -1.17. The molecule has 2 aromatic heterocycles. The minimum absolute atomic E-state index is 0.000620. The van der Waals surface area contributed by atoms with Crippen LogP contribution in [0.25, 0.3) is 11.3 Å². The van der Waals surface area contributed by atoms with Crippen molar-refractivity contribution in [2.45, 2.75) is 11.1 Å². The topological polar surface area (TPSA) is 133 Å². The van der Waals surface area contributed by atoms with Crippen molar-refractivity contribution in [1.29, 1.82) is 0 Å². The standard InChI is InChI=1S/C20H19FN4O6S/c1-22-20(31-19(28)8-7-18(26)27)13-9-17(15-5-3-4-6-16(15)21)25(11-13)32(29,30)14-10-23-24(2)12-14/h3-12,20,22H,1-2H3,(H,26,27)/b8-7+. The average Bonchev–Trinajstić information content (AvgIpc) is 3.38. The van der Waals surface area contributed by atoms with E-state index in [1.165, 1.54) is 48.4 Å². The van der Waals surface area contributed by atoms with Gasteiger partial charge in [0.15, 0.2) is 6.23 Å². The second-order valence-corrected chi connectivity index (χ2v) is 8.38. The van der Waals surface area contributed by atoms with Crippen LogP contribution >= 0.6 is 0 Å². The lowest BCUT2D eigenvalue weighted by atomic mass is 10.1. The highest BCUT2D eigenvalue weighted by molar-refractivity contribution is 7.90. The Morgan fingerprint density at radius 1 is 1.25 bits per heavy atom. The van der Waals surface area contributed by atoms with E-state index in [9.17, 15) is 22.4 Å². The number of aromatic nitrogens is 3. The van der Waals surface area contributed by atoms with Crippen molar-refractivity contribution in [3.63, 3.8) is 0 Å². The van der Waals surface area contributed by atoms with E-state index in [0.717, 1.165) is 10.2 Å². The number of hydrogen-bond acceptors (Lipinski definition) is 7. The fourth-order valence-corrected chi connectivity index (χ4v) is 4.27. The Morgan fingerprint density at radius 2 is 1.97 bits per heavy atom. The van der Waals surface area contributed by atoms with Gasteiger partial charge in [0.2, 0.25) is 0 Å². The van der Waals surface area contributed by atoms with Crippen LogP contribution in [0.3, 0.4) is 0 Å². The summed E-state index contributed by atoms with van der Waals surface area (Å²) in [6, 6.07) is 6.99. The van der Waals surface area contributed by atoms with Gasteiger partial charge in [0, 0.05) is 42.7 Å². The Hall–Kier alpha value is -3.77. The van der Waals surface area contributed by atoms with Gasteiger partial charge in [-0.15, -0.1) is 0 Å². The molecule has 0 radical (unpaired) electrons. The molecule has 10 nitrogen and oxygen atoms in total. The summed E-state index contributed by atoms with van der Waals surface area (Å²) in [5, 5.41) is 15.2. The molecule has 2 heterocycles. The zero-order valence-corrected chi connectivity index (χ0v) is 17.8. The van der Waals surface area contributed by atoms with Crippen LogP contribution in [-0.2, 0) is 31.4 Å². The van der Waals surface area contributed by atoms with E-state index in [1.54, 1.807) is 13.1 Å². The smallest absolute Gasteiger partial charge is 0.332 e. The van der Waals surface area contributed by atoms with Crippen LogP contribution in [0.5, 0.6) is 0 Å². The predicted molar refractivity (Wildman–Crippen MR) is 110 cm³/mol. The van der Waals surface area contributed by atoms with Crippen molar-refractivity contribution >= 4 is 22.0 Å². The molecule has 0 amide bonds. The van der Waals surface area contributed by atoms with E-state index in [1.807, 2.05) is 0 Å². The Morgan fingerprint density at radius 3 is 2.56 bits per heavy atom. The Kier molecular flexibility index (Phi) is 6.55. The van der Waals surface area contributed by atoms with Gasteiger partial charge >= 0.3 is 11.9 Å². The van der Waals surface area contributed by atoms with E-state index >= 15 is 0 Å². The van der Waals surface area contributed by atoms with Crippen LogP contribution < -0.4 is 5.32 Å². The van der Waals surface area contributed by atoms with Gasteiger partial charge in [-0.05, 0) is 25.2 Å². The molecule has 0 fully saturated rings. The van der Waals surface area contributed by atoms with Crippen molar-refractivity contribution in [2.75, 3.05) is 7.05 Å². The summed E-state index contributed by atoms with van der Waals surface area (Å²) in [5.74, 6) is -2.96. The number of nitrogens with one attached hydrogen (secondary N) is 1. The minimum atomic E-state index is -4.18. The Balaban J connectivity index is 2.11. The third-order valence-electron chi connectivity index (χ3n) is 4.36. The number of carboxylic acids is 1. The van der Waals surface area contributed by atoms with E-state index < -0.39 is 34.0 Å². The van der Waals surface area contributed by atoms with Crippen molar-refractivity contribution < 1.29 is 32.2 Å². The molecule has 0 saturated carbocycles. The summed E-state index contributed by atoms with van der Waals surface area (Å²) in [6.45, 7) is 0. The second kappa shape index (κ2) is 9.16. The Bertz CT molecular complexity index is 1290. The van der Waals surface area contributed by atoms with Gasteiger partial charge in [-0.1, -0.05) is 12.1 Å². The summed E-state index contributed by atoms with van der Waals surface area (Å²) < 4.78 is 48.4. The molecule has 0 saturated heterocycles. The van der Waals surface area contributed by atoms with Crippen LogP contribution in [0.15, 0.2) is 66.0 Å². The number of carboxylic acid groups (broad SMARTS) is 1. The maximum atomic E-state index is 14.5. The first-order valence-electron chi connectivity index (χ1n) is 9.13. The van der Waals surface area contributed by atoms with Crippen molar-refractivity contribution in [1.82, 2.24) is 19.1 Å². The van der Waals surface area contributed by atoms with E-state index in [-0.39, 0.29) is 21.7 Å². The summed E-state index contributed by atoms with van der Waals surface area (Å²) in [4.78, 5) is 22.4. The summed E-state index contributed by atoms with van der Waals surface area (Å²) in [6.07, 6.45) is 3.83. The van der Waals surface area contributed by atoms with Crippen LogP contribution in [0, 0.1) is 5.82 Å². The molecule has 0 aliphatic rings. The third kappa shape index (κ3) is 4.76. The molecule has 12 heteroatoms. The molecule has 0 bridgehead atoms. The number of aliphatic carboxylic acids is 1. The number of carbonyl (C=O) groups excluding carboxylic acids is 1. The Labute approximate surface area is 182 Å². The van der Waals surface area contributed by atoms with Crippen LogP contribution in [-0.4, -0.2) is 46.3 Å². The molecule has 0 aliphatic carbocycles. The molecular weight excluding hydrogens is 443 g/mol. The van der Waals surface area contributed by atoms with E-state index in [4.69, 9.17) is 9.84 Å². The summed E-state index contributed by atoms with van der Waals surface area (Å²) in [5.41, 5.74) is 0.202. The number of halogens is 1. The molecule has 3 rings (SSSR count). The predicted octanol–water partition coefficient (Wildman–Crippen LogP) is 1.67. The van der Waals surface area contributed by atoms with Crippen LogP contribution in [0.1, 0.15) is 11.8 Å². The highest BCUT2D eigenvalue weighted by Gasteiger charge is 2.27. The fraction of sp³-hybridized carbons (Fsp3) is 0.150. The molecule has 32 heavy (non-hydrogen) atoms. The van der Waals surface area contributed by atoms with Crippen molar-refractivity contribution in [3.8, 4) is 11.3 Å². The number of esters is 1. The highest BCUT2D eigenvalue weighted by atomic mass is 32.2. The lowest BCUT2D eigenvalue weighted by Crippen LogP contribution is -2.22. The monoisotopic (exact) mass is 462 g/mol. The number of ether oxygens (including phenoxy) is 1. The fourth-order valence-electron chi connectivity index (χ4n) is 2.91. The van der Waals surface area contributed by atoms with Gasteiger partial charge in [-0.3, -0.25) is 10.00 Å². The average molecular weight is 462 g/mol. The molecule has 0 spiro atoms. The molecule has 168 valence electrons. The van der Waals surface area contributed by atoms with Gasteiger partial charge < -0.3 is 9.84 Å². The number of hydrogen-bond donors (Lipinski definition) is 2. The van der Waals surface area contributed by atoms with Crippen molar-refractivity contribution in [2.24, 2.45) is 7.05 Å². The van der Waals surface area contributed by atoms with Gasteiger partial charge in [-0.2, -0.15) is 5.10 Å². The molecule has 3 aromatic rings. The number of carbonyl (C=O) groups is 2. The first-order valence-corrected chi connectivity index (χ1v) is 10.6. The normalized spacial score (nSPS) is 12.7. The summed E-state index contributed by atoms with van der Waals surface area (Å²) >= 11 is 0. The van der Waals surface area contributed by atoms with Gasteiger partial charge in [0.25, 0.3) is 10.0 Å². The molecular formula is C20H19FN4O6S. The number of benzene rings is 1. The number of aryl methyl sites for hydroxylation is 1. The molecule has 1 aromatic carbocycles. The number of rotatable bonds is 8. The van der Waals surface area contributed by atoms with Gasteiger partial charge in [0.05, 0.1) is 11.9 Å². The van der Waals surface area contributed by atoms with Crippen LogP contribution in [0.2, 0.25) is 0 Å². The second-order valence-electron chi connectivity index (χ2n) is 6.57. The van der Waals surface area contributed by atoms with Crippen LogP contribution in [0.4, 0.5) is 4.39 Å². The zero-order chi connectivity index (χ0) is 23.5. The lowest BCUT2D eigenvalue weighted by Gasteiger charge is -2.14. The SMILES string of the molecule is CNC(OC(=O)/C=C/C(=O)O)c1cc(-c2ccccc2F)n(S(=O)(=O)c2cnn(C)c2)c1. The highest BCUT2D eigenvalue weighted by Crippen LogP contribution is 2.31. The molecule has 1 atom stereocenters. The zero-order valence-electron chi connectivity index (χ0n) is 17.0. The van der Waals surface area contributed by atoms with E-state index in [2.05, 4.69) is 10.4 Å². The molecule has 1 unspecified atom stereocenters. The first kappa shape index (κ1) is 22.9. The maximum Gasteiger partial charge on any atom is 0.332 e. The van der Waals surface area contributed by atoms with Gasteiger partial charge in [-0.25, -0.2) is 26.4 Å². The lowest BCUT2D eigenvalue weighted by molar-refractivity contribution is -0.145. The van der Waals surface area contributed by atoms with Crippen molar-refractivity contribution in [3.05, 3.63) is 72.5 Å². The molecule has 2 N–H and O–H groups in total. The minimum Gasteiger partial charge on any atom is -0.478 e. The number of nitrogens with zero attached hydrogens (tertiary/aromatic N) is 3. The largest absolute Gasteiger partial charge is 0.478 e. The van der Waals surface area contributed by atoms with E-state index in [0.29, 0.717) is 12.2 Å². The molecule has 0 aliphatic heterocycles. The van der Waals surface area contributed by atoms with Gasteiger partial charge in [0.1, 0.15) is 10.7 Å². The quantitative estimate of drug-likeness (QED) is 0.293. The maximum absolute atomic E-state index is 14.5.